The molecule has 0 spiro atoms. The smallest absolute Gasteiger partial charge is 0.254 e. The van der Waals surface area contributed by atoms with Crippen LogP contribution in [0, 0.1) is 11.3 Å². The molecule has 0 saturated carbocycles. The number of amides is 1. The Kier molecular flexibility index (Phi) is 5.72. The number of hydrogen-bond donors (Lipinski definition) is 0. The molecule has 0 heterocycles. The van der Waals surface area contributed by atoms with Crippen molar-refractivity contribution in [1.82, 2.24) is 4.90 Å². The molecular weight excluding hydrogens is 228 g/mol. The van der Waals surface area contributed by atoms with Crippen LogP contribution >= 0.6 is 0 Å². The van der Waals surface area contributed by atoms with E-state index in [1.165, 1.54) is 4.90 Å². The molecule has 0 atom stereocenters. The standard InChI is InChI=1S/C14H18N2O2/c1-3-10-18-13-7-5-6-12(11-13)14(17)16(4-2)9-8-15/h5-7,11H,3-4,9-10H2,1-2H3. The van der Waals surface area contributed by atoms with Gasteiger partial charge in [-0.25, -0.2) is 0 Å². The highest BCUT2D eigenvalue weighted by Gasteiger charge is 2.14. The Morgan fingerprint density at radius 2 is 2.22 bits per heavy atom. The zero-order valence-electron chi connectivity index (χ0n) is 10.8. The second-order valence-electron chi connectivity index (χ2n) is 3.85. The zero-order chi connectivity index (χ0) is 13.4. The van der Waals surface area contributed by atoms with E-state index >= 15 is 0 Å². The van der Waals surface area contributed by atoms with Gasteiger partial charge in [0, 0.05) is 12.1 Å². The molecule has 0 aliphatic heterocycles. The van der Waals surface area contributed by atoms with Crippen LogP contribution in [0.1, 0.15) is 30.6 Å². The van der Waals surface area contributed by atoms with Crippen molar-refractivity contribution in [2.24, 2.45) is 0 Å². The van der Waals surface area contributed by atoms with Gasteiger partial charge in [0.1, 0.15) is 12.3 Å². The molecule has 0 fully saturated rings. The Hall–Kier alpha value is -2.02. The van der Waals surface area contributed by atoms with E-state index in [4.69, 9.17) is 10.00 Å². The van der Waals surface area contributed by atoms with E-state index in [1.54, 1.807) is 18.2 Å². The Morgan fingerprint density at radius 3 is 2.83 bits per heavy atom. The maximum Gasteiger partial charge on any atom is 0.254 e. The van der Waals surface area contributed by atoms with Gasteiger partial charge in [0.05, 0.1) is 12.7 Å². The molecule has 4 heteroatoms. The lowest BCUT2D eigenvalue weighted by atomic mass is 10.2. The number of carbonyl (C=O) groups excluding carboxylic acids is 1. The molecule has 0 saturated heterocycles. The summed E-state index contributed by atoms with van der Waals surface area (Å²) in [5.41, 5.74) is 0.556. The van der Waals surface area contributed by atoms with E-state index in [-0.39, 0.29) is 12.5 Å². The van der Waals surface area contributed by atoms with Crippen LogP contribution in [-0.4, -0.2) is 30.5 Å². The molecule has 1 amide bonds. The third-order valence-electron chi connectivity index (χ3n) is 2.48. The largest absolute Gasteiger partial charge is 0.494 e. The van der Waals surface area contributed by atoms with Crippen molar-refractivity contribution in [3.05, 3.63) is 29.8 Å². The van der Waals surface area contributed by atoms with E-state index in [1.807, 2.05) is 26.0 Å². The van der Waals surface area contributed by atoms with Crippen LogP contribution in [0.25, 0.3) is 0 Å². The summed E-state index contributed by atoms with van der Waals surface area (Å²) in [4.78, 5) is 13.6. The summed E-state index contributed by atoms with van der Waals surface area (Å²) < 4.78 is 5.48. The molecule has 0 radical (unpaired) electrons. The molecule has 96 valence electrons. The molecule has 1 aromatic carbocycles. The third-order valence-corrected chi connectivity index (χ3v) is 2.48. The predicted molar refractivity (Wildman–Crippen MR) is 69.4 cm³/mol. The Labute approximate surface area is 108 Å². The minimum absolute atomic E-state index is 0.107. The summed E-state index contributed by atoms with van der Waals surface area (Å²) in [7, 11) is 0. The monoisotopic (exact) mass is 246 g/mol. The number of nitriles is 1. The number of rotatable bonds is 6. The molecule has 0 N–H and O–H groups in total. The van der Waals surface area contributed by atoms with Crippen LogP contribution in [0.2, 0.25) is 0 Å². The molecule has 0 aliphatic carbocycles. The second-order valence-corrected chi connectivity index (χ2v) is 3.85. The van der Waals surface area contributed by atoms with E-state index in [0.717, 1.165) is 6.42 Å². The van der Waals surface area contributed by atoms with Gasteiger partial charge in [-0.1, -0.05) is 13.0 Å². The molecule has 0 unspecified atom stereocenters. The Morgan fingerprint density at radius 1 is 1.44 bits per heavy atom. The average molecular weight is 246 g/mol. The van der Waals surface area contributed by atoms with Crippen LogP contribution < -0.4 is 4.74 Å². The van der Waals surface area contributed by atoms with E-state index < -0.39 is 0 Å². The van der Waals surface area contributed by atoms with Crippen molar-refractivity contribution in [2.45, 2.75) is 20.3 Å². The summed E-state index contributed by atoms with van der Waals surface area (Å²) in [6.07, 6.45) is 0.924. The number of ether oxygens (including phenoxy) is 1. The van der Waals surface area contributed by atoms with Gasteiger partial charge in [-0.15, -0.1) is 0 Å². The zero-order valence-corrected chi connectivity index (χ0v) is 10.8. The highest BCUT2D eigenvalue weighted by atomic mass is 16.5. The lowest BCUT2D eigenvalue weighted by Gasteiger charge is -2.17. The number of benzene rings is 1. The fourth-order valence-corrected chi connectivity index (χ4v) is 1.53. The highest BCUT2D eigenvalue weighted by molar-refractivity contribution is 5.94. The van der Waals surface area contributed by atoms with Gasteiger partial charge >= 0.3 is 0 Å². The highest BCUT2D eigenvalue weighted by Crippen LogP contribution is 2.15. The van der Waals surface area contributed by atoms with Gasteiger partial charge in [-0.2, -0.15) is 5.26 Å². The SMILES string of the molecule is CCCOc1cccc(C(=O)N(CC)CC#N)c1. The summed E-state index contributed by atoms with van der Waals surface area (Å²) in [5.74, 6) is 0.553. The van der Waals surface area contributed by atoms with Crippen molar-refractivity contribution < 1.29 is 9.53 Å². The molecule has 0 aliphatic rings. The van der Waals surface area contributed by atoms with Crippen molar-refractivity contribution >= 4 is 5.91 Å². The van der Waals surface area contributed by atoms with Crippen LogP contribution in [0.15, 0.2) is 24.3 Å². The fourth-order valence-electron chi connectivity index (χ4n) is 1.53. The normalized spacial score (nSPS) is 9.61. The Bertz CT molecular complexity index is 438. The minimum atomic E-state index is -0.138. The van der Waals surface area contributed by atoms with Crippen LogP contribution in [0.5, 0.6) is 5.75 Å². The quantitative estimate of drug-likeness (QED) is 0.724. The maximum absolute atomic E-state index is 12.1. The summed E-state index contributed by atoms with van der Waals surface area (Å²) in [6.45, 7) is 5.14. The topological polar surface area (TPSA) is 53.3 Å². The van der Waals surface area contributed by atoms with Gasteiger partial charge in [-0.3, -0.25) is 4.79 Å². The second kappa shape index (κ2) is 7.33. The molecule has 18 heavy (non-hydrogen) atoms. The van der Waals surface area contributed by atoms with Gasteiger partial charge in [-0.05, 0) is 31.5 Å². The van der Waals surface area contributed by atoms with E-state index in [2.05, 4.69) is 0 Å². The minimum Gasteiger partial charge on any atom is -0.494 e. The number of nitrogens with zero attached hydrogens (tertiary/aromatic N) is 2. The van der Waals surface area contributed by atoms with Crippen molar-refractivity contribution in [3.63, 3.8) is 0 Å². The first-order chi connectivity index (χ1) is 8.72. The predicted octanol–water partition coefficient (Wildman–Crippen LogP) is 2.46. The molecule has 0 aromatic heterocycles. The van der Waals surface area contributed by atoms with E-state index in [0.29, 0.717) is 24.5 Å². The number of hydrogen-bond acceptors (Lipinski definition) is 3. The van der Waals surface area contributed by atoms with Crippen molar-refractivity contribution in [2.75, 3.05) is 19.7 Å². The first-order valence-corrected chi connectivity index (χ1v) is 6.12. The third kappa shape index (κ3) is 3.77. The van der Waals surface area contributed by atoms with Crippen LogP contribution in [-0.2, 0) is 0 Å². The average Bonchev–Trinajstić information content (AvgIpc) is 2.42. The maximum atomic E-state index is 12.1. The van der Waals surface area contributed by atoms with Crippen molar-refractivity contribution in [3.8, 4) is 11.8 Å². The lowest BCUT2D eigenvalue weighted by molar-refractivity contribution is 0.0783. The van der Waals surface area contributed by atoms with Crippen molar-refractivity contribution in [1.29, 1.82) is 5.26 Å². The van der Waals surface area contributed by atoms with Gasteiger partial charge < -0.3 is 9.64 Å². The summed E-state index contributed by atoms with van der Waals surface area (Å²) in [6, 6.07) is 9.07. The molecule has 0 bridgehead atoms. The Balaban J connectivity index is 2.82. The first kappa shape index (κ1) is 14.0. The molecule has 4 nitrogen and oxygen atoms in total. The van der Waals surface area contributed by atoms with Crippen LogP contribution in [0.3, 0.4) is 0 Å². The van der Waals surface area contributed by atoms with Crippen LogP contribution in [0.4, 0.5) is 0 Å². The number of carbonyl (C=O) groups is 1. The fraction of sp³-hybridized carbons (Fsp3) is 0.429. The molecular formula is C14H18N2O2. The van der Waals surface area contributed by atoms with Gasteiger partial charge in [0.25, 0.3) is 5.91 Å². The summed E-state index contributed by atoms with van der Waals surface area (Å²) >= 11 is 0. The molecule has 1 aromatic rings. The lowest BCUT2D eigenvalue weighted by Crippen LogP contribution is -2.31. The molecule has 1 rings (SSSR count). The van der Waals surface area contributed by atoms with E-state index in [9.17, 15) is 4.79 Å². The first-order valence-electron chi connectivity index (χ1n) is 6.12. The summed E-state index contributed by atoms with van der Waals surface area (Å²) in [5, 5.41) is 8.67. The van der Waals surface area contributed by atoms with Gasteiger partial charge in [0.15, 0.2) is 0 Å². The van der Waals surface area contributed by atoms with Gasteiger partial charge in [0.2, 0.25) is 0 Å².